The lowest BCUT2D eigenvalue weighted by Gasteiger charge is -2.08. The summed E-state index contributed by atoms with van der Waals surface area (Å²) in [5.74, 6) is 1.66. The zero-order valence-electron chi connectivity index (χ0n) is 27.0. The van der Waals surface area contributed by atoms with Gasteiger partial charge in [-0.05, 0) is 65.7 Å². The van der Waals surface area contributed by atoms with E-state index in [1.165, 1.54) is 0 Å². The number of nitrogens with zero attached hydrogens (tertiary/aromatic N) is 3. The van der Waals surface area contributed by atoms with Gasteiger partial charge in [0.05, 0.1) is 5.56 Å². The first kappa shape index (κ1) is 27.9. The fraction of sp³-hybridized carbons (Fsp3) is 0. The molecule has 4 aromatic heterocycles. The van der Waals surface area contributed by atoms with Crippen LogP contribution in [-0.2, 0) is 0 Å². The van der Waals surface area contributed by atoms with Crippen LogP contribution in [0.15, 0.2) is 165 Å². The molecule has 11 rings (SSSR count). The van der Waals surface area contributed by atoms with E-state index < -0.39 is 0 Å². The number of furan rings is 3. The highest BCUT2D eigenvalue weighted by molar-refractivity contribution is 6.11. The van der Waals surface area contributed by atoms with E-state index in [1.54, 1.807) is 0 Å². The van der Waals surface area contributed by atoms with Crippen LogP contribution in [0, 0.1) is 0 Å². The van der Waals surface area contributed by atoms with Crippen LogP contribution >= 0.6 is 0 Å². The topological polar surface area (TPSA) is 78.1 Å². The van der Waals surface area contributed by atoms with Crippen LogP contribution in [0.25, 0.3) is 111 Å². The smallest absolute Gasteiger partial charge is 0.167 e. The van der Waals surface area contributed by atoms with Gasteiger partial charge in [0, 0.05) is 43.4 Å². The normalized spacial score (nSPS) is 11.9. The summed E-state index contributed by atoms with van der Waals surface area (Å²) < 4.78 is 19.1. The molecule has 0 aliphatic heterocycles. The largest absolute Gasteiger partial charge is 0.456 e. The predicted octanol–water partition coefficient (Wildman–Crippen LogP) is 12.2. The maximum Gasteiger partial charge on any atom is 0.167 e. The summed E-state index contributed by atoms with van der Waals surface area (Å²) in [7, 11) is 0. The Morgan fingerprint density at radius 2 is 0.765 bits per heavy atom. The standard InChI is InChI=1S/C45H25N3O3/c1-2-9-26(10-3-1)43-46-44(29-19-22-33-31-12-5-7-16-38(31)50-40(33)25-29)48-45(47-43)36-14-8-13-35-34-21-18-28(24-41(34)51-42(35)36)27-17-20-32-30-11-4-6-15-37(30)49-39(32)23-27/h1-25H. The van der Waals surface area contributed by atoms with Crippen molar-refractivity contribution in [2.24, 2.45) is 0 Å². The zero-order valence-corrected chi connectivity index (χ0v) is 27.0. The minimum atomic E-state index is 0.531. The van der Waals surface area contributed by atoms with E-state index in [-0.39, 0.29) is 0 Å². The number of benzene rings is 7. The Hall–Kier alpha value is -7.05. The number of rotatable bonds is 4. The number of hydrogen-bond donors (Lipinski definition) is 0. The van der Waals surface area contributed by atoms with E-state index >= 15 is 0 Å². The molecule has 238 valence electrons. The Balaban J connectivity index is 1.06. The highest BCUT2D eigenvalue weighted by Gasteiger charge is 2.19. The molecule has 0 spiro atoms. The van der Waals surface area contributed by atoms with Gasteiger partial charge in [0.15, 0.2) is 17.5 Å². The van der Waals surface area contributed by atoms with Gasteiger partial charge in [-0.15, -0.1) is 0 Å². The fourth-order valence-corrected chi connectivity index (χ4v) is 7.27. The van der Waals surface area contributed by atoms with Crippen LogP contribution in [0.5, 0.6) is 0 Å². The second kappa shape index (κ2) is 10.7. The highest BCUT2D eigenvalue weighted by atomic mass is 16.3. The fourth-order valence-electron chi connectivity index (χ4n) is 7.27. The first-order chi connectivity index (χ1) is 25.2. The summed E-state index contributed by atoms with van der Waals surface area (Å²) in [6, 6.07) is 51.2. The second-order valence-electron chi connectivity index (χ2n) is 12.8. The third-order valence-corrected chi connectivity index (χ3v) is 9.76. The first-order valence-electron chi connectivity index (χ1n) is 16.8. The first-order valence-corrected chi connectivity index (χ1v) is 16.8. The molecule has 0 saturated carbocycles. The van der Waals surface area contributed by atoms with Crippen molar-refractivity contribution in [2.45, 2.75) is 0 Å². The molecule has 7 aromatic carbocycles. The van der Waals surface area contributed by atoms with Gasteiger partial charge in [-0.1, -0.05) is 97.1 Å². The molecule has 0 bridgehead atoms. The van der Waals surface area contributed by atoms with Gasteiger partial charge in [-0.2, -0.15) is 0 Å². The van der Waals surface area contributed by atoms with E-state index in [1.807, 2.05) is 91.0 Å². The van der Waals surface area contributed by atoms with Crippen LogP contribution in [-0.4, -0.2) is 15.0 Å². The summed E-state index contributed by atoms with van der Waals surface area (Å²) in [4.78, 5) is 15.0. The lowest BCUT2D eigenvalue weighted by atomic mass is 10.0. The molecule has 11 aromatic rings. The van der Waals surface area contributed by atoms with Gasteiger partial charge in [0.2, 0.25) is 0 Å². The molecule has 0 aliphatic carbocycles. The van der Waals surface area contributed by atoms with E-state index in [2.05, 4.69) is 60.7 Å². The van der Waals surface area contributed by atoms with Gasteiger partial charge >= 0.3 is 0 Å². The lowest BCUT2D eigenvalue weighted by molar-refractivity contribution is 0.668. The monoisotopic (exact) mass is 655 g/mol. The number of aromatic nitrogens is 3. The Kier molecular flexibility index (Phi) is 5.86. The molecule has 6 nitrogen and oxygen atoms in total. The summed E-state index contributed by atoms with van der Waals surface area (Å²) >= 11 is 0. The van der Waals surface area contributed by atoms with Gasteiger partial charge in [0.1, 0.15) is 33.5 Å². The van der Waals surface area contributed by atoms with Crippen molar-refractivity contribution < 1.29 is 13.3 Å². The van der Waals surface area contributed by atoms with Crippen molar-refractivity contribution in [2.75, 3.05) is 0 Å². The molecule has 0 N–H and O–H groups in total. The van der Waals surface area contributed by atoms with Crippen LogP contribution in [0.3, 0.4) is 0 Å². The Morgan fingerprint density at radius 3 is 1.43 bits per heavy atom. The maximum atomic E-state index is 6.68. The van der Waals surface area contributed by atoms with Crippen molar-refractivity contribution in [1.29, 1.82) is 0 Å². The average molecular weight is 656 g/mol. The van der Waals surface area contributed by atoms with E-state index in [0.29, 0.717) is 17.5 Å². The number of para-hydroxylation sites is 3. The van der Waals surface area contributed by atoms with Crippen LogP contribution in [0.1, 0.15) is 0 Å². The van der Waals surface area contributed by atoms with E-state index in [9.17, 15) is 0 Å². The van der Waals surface area contributed by atoms with Crippen molar-refractivity contribution >= 4 is 65.8 Å². The van der Waals surface area contributed by atoms with Crippen LogP contribution in [0.2, 0.25) is 0 Å². The molecule has 4 heterocycles. The van der Waals surface area contributed by atoms with Crippen molar-refractivity contribution in [3.05, 3.63) is 152 Å². The summed E-state index contributed by atoms with van der Waals surface area (Å²) in [5.41, 5.74) is 9.51. The molecular formula is C45H25N3O3. The average Bonchev–Trinajstić information content (AvgIpc) is 3.88. The number of hydrogen-bond acceptors (Lipinski definition) is 6. The molecule has 0 fully saturated rings. The molecule has 0 unspecified atom stereocenters. The quantitative estimate of drug-likeness (QED) is 0.188. The predicted molar refractivity (Wildman–Crippen MR) is 203 cm³/mol. The van der Waals surface area contributed by atoms with E-state index in [0.717, 1.165) is 93.6 Å². The van der Waals surface area contributed by atoms with Gasteiger partial charge in [0.25, 0.3) is 0 Å². The van der Waals surface area contributed by atoms with Crippen molar-refractivity contribution in [3.63, 3.8) is 0 Å². The molecule has 0 radical (unpaired) electrons. The zero-order chi connectivity index (χ0) is 33.5. The van der Waals surface area contributed by atoms with Crippen molar-refractivity contribution in [1.82, 2.24) is 15.0 Å². The van der Waals surface area contributed by atoms with Gasteiger partial charge in [-0.3, -0.25) is 0 Å². The minimum Gasteiger partial charge on any atom is -0.456 e. The summed E-state index contributed by atoms with van der Waals surface area (Å²) in [5, 5.41) is 6.37. The number of fused-ring (bicyclic) bond motifs is 9. The second-order valence-corrected chi connectivity index (χ2v) is 12.8. The van der Waals surface area contributed by atoms with E-state index in [4.69, 9.17) is 28.2 Å². The summed E-state index contributed by atoms with van der Waals surface area (Å²) in [6.07, 6.45) is 0. The minimum absolute atomic E-state index is 0.531. The molecule has 0 atom stereocenters. The van der Waals surface area contributed by atoms with Crippen LogP contribution in [0.4, 0.5) is 0 Å². The lowest BCUT2D eigenvalue weighted by Crippen LogP contribution is -2.00. The highest BCUT2D eigenvalue weighted by Crippen LogP contribution is 2.39. The Labute approximate surface area is 290 Å². The third-order valence-electron chi connectivity index (χ3n) is 9.76. The molecule has 51 heavy (non-hydrogen) atoms. The van der Waals surface area contributed by atoms with Gasteiger partial charge in [-0.25, -0.2) is 15.0 Å². The Bertz CT molecular complexity index is 3150. The Morgan fingerprint density at radius 1 is 0.294 bits per heavy atom. The molecule has 6 heteroatoms. The molecule has 0 saturated heterocycles. The molecule has 0 amide bonds. The van der Waals surface area contributed by atoms with Gasteiger partial charge < -0.3 is 13.3 Å². The summed E-state index contributed by atoms with van der Waals surface area (Å²) in [6.45, 7) is 0. The SMILES string of the molecule is c1ccc(-c2nc(-c3ccc4c(c3)oc3ccccc34)nc(-c3cccc4c3oc3cc(-c5ccc6c(c5)oc5ccccc56)ccc34)n2)cc1. The molecular weight excluding hydrogens is 631 g/mol. The third kappa shape index (κ3) is 4.40. The van der Waals surface area contributed by atoms with Crippen LogP contribution < -0.4 is 0 Å². The van der Waals surface area contributed by atoms with Crippen molar-refractivity contribution in [3.8, 4) is 45.3 Å². The maximum absolute atomic E-state index is 6.68. The molecule has 0 aliphatic rings.